The summed E-state index contributed by atoms with van der Waals surface area (Å²) in [4.78, 5) is 11.5. The molecule has 5 nitrogen and oxygen atoms in total. The van der Waals surface area contributed by atoms with Gasteiger partial charge in [-0.15, -0.1) is 0 Å². The van der Waals surface area contributed by atoms with E-state index in [1.165, 1.54) is 18.2 Å². The number of carbonyl (C=O) groups is 1. The van der Waals surface area contributed by atoms with E-state index in [0.29, 0.717) is 12.5 Å². The third-order valence-corrected chi connectivity index (χ3v) is 4.29. The minimum atomic E-state index is -0.151. The second-order valence-electron chi connectivity index (χ2n) is 6.21. The third-order valence-electron chi connectivity index (χ3n) is 4.29. The van der Waals surface area contributed by atoms with Gasteiger partial charge in [-0.2, -0.15) is 0 Å². The Morgan fingerprint density at radius 1 is 1.20 bits per heavy atom. The van der Waals surface area contributed by atoms with Crippen LogP contribution in [0.4, 0.5) is 5.69 Å². The number of fused-ring (bicyclic) bond motifs is 1. The molecule has 0 radical (unpaired) electrons. The number of rotatable bonds is 6. The molecular weight excluding hydrogens is 318 g/mol. The fourth-order valence-corrected chi connectivity index (χ4v) is 3.13. The summed E-state index contributed by atoms with van der Waals surface area (Å²) in [5, 5.41) is 2.80. The van der Waals surface area contributed by atoms with Crippen LogP contribution in [0.1, 0.15) is 11.1 Å². The highest BCUT2D eigenvalue weighted by atomic mass is 16.5. The van der Waals surface area contributed by atoms with E-state index in [1.54, 1.807) is 7.11 Å². The Morgan fingerprint density at radius 2 is 2.00 bits per heavy atom. The Labute approximate surface area is 147 Å². The molecule has 1 atom stereocenters. The zero-order valence-electron chi connectivity index (χ0n) is 14.6. The summed E-state index contributed by atoms with van der Waals surface area (Å²) in [6.07, 6.45) is 1.90. The van der Waals surface area contributed by atoms with E-state index in [-0.39, 0.29) is 12.5 Å². The van der Waals surface area contributed by atoms with Crippen LogP contribution >= 0.6 is 0 Å². The quantitative estimate of drug-likeness (QED) is 0.877. The Morgan fingerprint density at radius 3 is 2.72 bits per heavy atom. The van der Waals surface area contributed by atoms with Crippen LogP contribution in [-0.4, -0.2) is 33.3 Å². The van der Waals surface area contributed by atoms with Crippen molar-refractivity contribution in [1.29, 1.82) is 0 Å². The highest BCUT2D eigenvalue weighted by Crippen LogP contribution is 2.36. The Hall–Kier alpha value is -2.53. The lowest BCUT2D eigenvalue weighted by atomic mass is 9.91. The zero-order valence-corrected chi connectivity index (χ0v) is 14.6. The molecule has 0 spiro atoms. The lowest BCUT2D eigenvalue weighted by Crippen LogP contribution is -2.23. The van der Waals surface area contributed by atoms with E-state index in [2.05, 4.69) is 11.4 Å². The van der Waals surface area contributed by atoms with E-state index >= 15 is 0 Å². The number of nitrogens with one attached hydrogen (secondary N) is 1. The van der Waals surface area contributed by atoms with Crippen molar-refractivity contribution in [2.45, 2.75) is 12.8 Å². The number of methoxy groups -OCH3 is 2. The third kappa shape index (κ3) is 4.31. The smallest absolute Gasteiger partial charge is 0.250 e. The summed E-state index contributed by atoms with van der Waals surface area (Å²) in [6.45, 7) is 0.740. The van der Waals surface area contributed by atoms with Crippen molar-refractivity contribution in [3.8, 4) is 11.5 Å². The fourth-order valence-electron chi connectivity index (χ4n) is 3.13. The minimum Gasteiger partial charge on any atom is -0.493 e. The first-order chi connectivity index (χ1) is 12.2. The van der Waals surface area contributed by atoms with Gasteiger partial charge in [0.25, 0.3) is 0 Å². The second kappa shape index (κ2) is 8.03. The number of benzene rings is 2. The van der Waals surface area contributed by atoms with Crippen LogP contribution in [0.15, 0.2) is 42.5 Å². The molecule has 1 aliphatic rings. The summed E-state index contributed by atoms with van der Waals surface area (Å²) in [5.41, 5.74) is 3.20. The van der Waals surface area contributed by atoms with Crippen LogP contribution in [0.5, 0.6) is 11.5 Å². The molecule has 0 fully saturated rings. The van der Waals surface area contributed by atoms with Gasteiger partial charge < -0.3 is 19.5 Å². The van der Waals surface area contributed by atoms with Gasteiger partial charge in [-0.25, -0.2) is 0 Å². The maximum Gasteiger partial charge on any atom is 0.250 e. The highest BCUT2D eigenvalue weighted by molar-refractivity contribution is 5.91. The van der Waals surface area contributed by atoms with Crippen LogP contribution in [0, 0.1) is 5.92 Å². The Balaban J connectivity index is 1.60. The van der Waals surface area contributed by atoms with Crippen molar-refractivity contribution in [2.75, 3.05) is 32.8 Å². The molecule has 1 aliphatic heterocycles. The molecule has 0 aliphatic carbocycles. The maximum atomic E-state index is 11.5. The van der Waals surface area contributed by atoms with Gasteiger partial charge in [-0.05, 0) is 42.2 Å². The molecule has 0 unspecified atom stereocenters. The molecule has 132 valence electrons. The summed E-state index contributed by atoms with van der Waals surface area (Å²) in [7, 11) is 3.17. The zero-order chi connectivity index (χ0) is 17.6. The average molecular weight is 341 g/mol. The lowest BCUT2D eigenvalue weighted by Gasteiger charge is -2.26. The van der Waals surface area contributed by atoms with Crippen LogP contribution in [-0.2, 0) is 22.4 Å². The number of hydrogen-bond acceptors (Lipinski definition) is 4. The van der Waals surface area contributed by atoms with Gasteiger partial charge in [-0.1, -0.05) is 24.3 Å². The Bertz CT molecular complexity index is 727. The van der Waals surface area contributed by atoms with Crippen molar-refractivity contribution in [3.05, 3.63) is 53.6 Å². The minimum absolute atomic E-state index is 0.0596. The number of hydrogen-bond donors (Lipinski definition) is 1. The van der Waals surface area contributed by atoms with Crippen LogP contribution < -0.4 is 14.8 Å². The van der Waals surface area contributed by atoms with E-state index in [1.807, 2.05) is 36.4 Å². The number of carbonyl (C=O) groups excluding carboxylic acids is 1. The molecule has 0 bridgehead atoms. The van der Waals surface area contributed by atoms with E-state index in [9.17, 15) is 4.79 Å². The first-order valence-electron chi connectivity index (χ1n) is 8.36. The van der Waals surface area contributed by atoms with Gasteiger partial charge in [0.2, 0.25) is 5.91 Å². The largest absolute Gasteiger partial charge is 0.493 e. The van der Waals surface area contributed by atoms with Gasteiger partial charge in [0.15, 0.2) is 11.5 Å². The molecule has 0 saturated carbocycles. The molecular formula is C20H23NO4. The average Bonchev–Trinajstić information content (AvgIpc) is 2.63. The predicted molar refractivity (Wildman–Crippen MR) is 96.3 cm³/mol. The lowest BCUT2D eigenvalue weighted by molar-refractivity contribution is -0.119. The van der Waals surface area contributed by atoms with Gasteiger partial charge in [0.1, 0.15) is 6.61 Å². The van der Waals surface area contributed by atoms with Crippen molar-refractivity contribution in [2.24, 2.45) is 5.92 Å². The van der Waals surface area contributed by atoms with Crippen LogP contribution in [0.25, 0.3) is 0 Å². The summed E-state index contributed by atoms with van der Waals surface area (Å²) in [5.74, 6) is 1.94. The Kier molecular flexibility index (Phi) is 5.56. The van der Waals surface area contributed by atoms with E-state index in [4.69, 9.17) is 14.2 Å². The van der Waals surface area contributed by atoms with Crippen molar-refractivity contribution in [3.63, 3.8) is 0 Å². The van der Waals surface area contributed by atoms with Gasteiger partial charge in [0, 0.05) is 18.7 Å². The molecule has 1 N–H and O–H groups in total. The SMILES string of the molecule is COCC(=O)Nc1ccc(C[C@@H]2COc3c(cccc3OC)C2)cc1. The summed E-state index contributed by atoms with van der Waals surface area (Å²) < 4.78 is 16.1. The molecule has 3 rings (SSSR count). The first-order valence-corrected chi connectivity index (χ1v) is 8.36. The van der Waals surface area contributed by atoms with Crippen molar-refractivity contribution < 1.29 is 19.0 Å². The molecule has 0 saturated heterocycles. The van der Waals surface area contributed by atoms with Crippen LogP contribution in [0.3, 0.4) is 0 Å². The van der Waals surface area contributed by atoms with Crippen molar-refractivity contribution in [1.82, 2.24) is 0 Å². The topological polar surface area (TPSA) is 56.8 Å². The summed E-state index contributed by atoms with van der Waals surface area (Å²) in [6, 6.07) is 14.0. The van der Waals surface area contributed by atoms with Gasteiger partial charge in [0.05, 0.1) is 13.7 Å². The van der Waals surface area contributed by atoms with E-state index < -0.39 is 0 Å². The highest BCUT2D eigenvalue weighted by Gasteiger charge is 2.22. The molecule has 1 amide bonds. The fraction of sp³-hybridized carbons (Fsp3) is 0.350. The number of anilines is 1. The number of para-hydroxylation sites is 1. The van der Waals surface area contributed by atoms with Crippen molar-refractivity contribution >= 4 is 11.6 Å². The molecule has 2 aromatic carbocycles. The van der Waals surface area contributed by atoms with E-state index in [0.717, 1.165) is 30.0 Å². The normalized spacial score (nSPS) is 15.8. The van der Waals surface area contributed by atoms with Crippen LogP contribution in [0.2, 0.25) is 0 Å². The maximum absolute atomic E-state index is 11.5. The van der Waals surface area contributed by atoms with Gasteiger partial charge in [-0.3, -0.25) is 4.79 Å². The standard InChI is InChI=1S/C20H23NO4/c1-23-13-19(22)21-17-8-6-14(7-9-17)10-15-11-16-4-3-5-18(24-2)20(16)25-12-15/h3-9,15H,10-13H2,1-2H3,(H,21,22)/t15-/m0/s1. The second-order valence-corrected chi connectivity index (χ2v) is 6.21. The molecule has 1 heterocycles. The molecule has 5 heteroatoms. The molecule has 2 aromatic rings. The first kappa shape index (κ1) is 17.3. The summed E-state index contributed by atoms with van der Waals surface area (Å²) >= 11 is 0. The van der Waals surface area contributed by atoms with Gasteiger partial charge >= 0.3 is 0 Å². The number of amides is 1. The predicted octanol–water partition coefficient (Wildman–Crippen LogP) is 3.07. The molecule has 0 aromatic heterocycles. The number of ether oxygens (including phenoxy) is 3. The monoisotopic (exact) mass is 341 g/mol. The molecule has 25 heavy (non-hydrogen) atoms.